The Bertz CT molecular complexity index is 571. The van der Waals surface area contributed by atoms with Crippen molar-refractivity contribution in [2.24, 2.45) is 0 Å². The van der Waals surface area contributed by atoms with Gasteiger partial charge in [0.2, 0.25) is 15.9 Å². The van der Waals surface area contributed by atoms with Crippen molar-refractivity contribution in [1.82, 2.24) is 5.32 Å². The molecule has 5 nitrogen and oxygen atoms in total. The zero-order valence-corrected chi connectivity index (χ0v) is 13.4. The zero-order valence-electron chi connectivity index (χ0n) is 12.6. The largest absolute Gasteiger partial charge is 0.350 e. The Morgan fingerprint density at radius 1 is 1.20 bits per heavy atom. The van der Waals surface area contributed by atoms with Crippen molar-refractivity contribution >= 4 is 21.6 Å². The highest BCUT2D eigenvalue weighted by atomic mass is 32.2. The maximum atomic E-state index is 11.9. The minimum absolute atomic E-state index is 0.223. The molecule has 0 aromatic heterocycles. The molecule has 0 heterocycles. The van der Waals surface area contributed by atoms with E-state index >= 15 is 0 Å². The molecular weight excluding hydrogens is 276 g/mol. The molecule has 1 aromatic rings. The van der Waals surface area contributed by atoms with Crippen LogP contribution in [0.25, 0.3) is 0 Å². The van der Waals surface area contributed by atoms with Gasteiger partial charge in [0.15, 0.2) is 0 Å². The average Bonchev–Trinajstić information content (AvgIpc) is 2.23. The first kappa shape index (κ1) is 16.5. The summed E-state index contributed by atoms with van der Waals surface area (Å²) >= 11 is 0. The first-order chi connectivity index (χ1) is 8.99. The van der Waals surface area contributed by atoms with E-state index < -0.39 is 15.6 Å². The van der Waals surface area contributed by atoms with E-state index in [1.165, 1.54) is 0 Å². The summed E-state index contributed by atoms with van der Waals surface area (Å²) in [6.45, 7) is 7.24. The Balaban J connectivity index is 2.98. The molecule has 0 fully saturated rings. The maximum Gasteiger partial charge on any atom is 0.241 e. The molecule has 0 aliphatic carbocycles. The minimum atomic E-state index is -3.51. The number of carbonyl (C=O) groups is 1. The third-order valence-corrected chi connectivity index (χ3v) is 3.66. The highest BCUT2D eigenvalue weighted by Gasteiger charge is 2.22. The second-order valence-corrected chi connectivity index (χ2v) is 7.81. The molecule has 1 aromatic carbocycles. The molecule has 6 heteroatoms. The zero-order chi connectivity index (χ0) is 15.6. The van der Waals surface area contributed by atoms with Crippen LogP contribution >= 0.6 is 0 Å². The first-order valence-corrected chi connectivity index (χ1v) is 8.19. The minimum Gasteiger partial charge on any atom is -0.350 e. The summed E-state index contributed by atoms with van der Waals surface area (Å²) in [6.07, 6.45) is 1.09. The quantitative estimate of drug-likeness (QED) is 0.919. The van der Waals surface area contributed by atoms with Crippen molar-refractivity contribution < 1.29 is 13.2 Å². The molecule has 0 saturated heterocycles. The molecule has 0 saturated carbocycles. The fourth-order valence-corrected chi connectivity index (χ4v) is 2.56. The van der Waals surface area contributed by atoms with E-state index in [0.29, 0.717) is 5.69 Å². The molecule has 0 unspecified atom stereocenters. The van der Waals surface area contributed by atoms with Gasteiger partial charge in [-0.15, -0.1) is 0 Å². The average molecular weight is 298 g/mol. The summed E-state index contributed by atoms with van der Waals surface area (Å²) < 4.78 is 24.8. The summed E-state index contributed by atoms with van der Waals surface area (Å²) in [5.41, 5.74) is 1.12. The van der Waals surface area contributed by atoms with Crippen LogP contribution in [-0.4, -0.2) is 32.7 Å². The maximum absolute atomic E-state index is 11.9. The molecule has 0 spiro atoms. The number of nitrogens with zero attached hydrogens (tertiary/aromatic N) is 1. The van der Waals surface area contributed by atoms with Gasteiger partial charge in [0.1, 0.15) is 6.54 Å². The van der Waals surface area contributed by atoms with Gasteiger partial charge in [-0.3, -0.25) is 9.10 Å². The number of amides is 1. The third kappa shape index (κ3) is 5.21. The van der Waals surface area contributed by atoms with Crippen LogP contribution in [0, 0.1) is 6.92 Å². The Kier molecular flexibility index (Phi) is 4.81. The van der Waals surface area contributed by atoms with Crippen LogP contribution in [0.2, 0.25) is 0 Å². The molecule has 20 heavy (non-hydrogen) atoms. The molecule has 1 rings (SSSR count). The predicted molar refractivity (Wildman–Crippen MR) is 81.3 cm³/mol. The molecule has 112 valence electrons. The number of hydrogen-bond acceptors (Lipinski definition) is 3. The van der Waals surface area contributed by atoms with Crippen molar-refractivity contribution in [1.29, 1.82) is 0 Å². The van der Waals surface area contributed by atoms with E-state index in [1.54, 1.807) is 12.1 Å². The normalized spacial score (nSPS) is 12.1. The van der Waals surface area contributed by atoms with E-state index in [-0.39, 0.29) is 12.5 Å². The summed E-state index contributed by atoms with van der Waals surface area (Å²) in [5, 5.41) is 2.76. The van der Waals surface area contributed by atoms with Gasteiger partial charge in [-0.05, 0) is 39.8 Å². The Morgan fingerprint density at radius 2 is 1.70 bits per heavy atom. The van der Waals surface area contributed by atoms with Crippen molar-refractivity contribution in [2.45, 2.75) is 33.2 Å². The summed E-state index contributed by atoms with van der Waals surface area (Å²) in [5.74, 6) is -0.330. The number of hydrogen-bond donors (Lipinski definition) is 1. The van der Waals surface area contributed by atoms with Crippen molar-refractivity contribution in [2.75, 3.05) is 17.1 Å². The van der Waals surface area contributed by atoms with Crippen LogP contribution < -0.4 is 9.62 Å². The van der Waals surface area contributed by atoms with Gasteiger partial charge in [-0.25, -0.2) is 8.42 Å². The Morgan fingerprint density at radius 3 is 2.10 bits per heavy atom. The number of rotatable bonds is 4. The number of nitrogens with one attached hydrogen (secondary N) is 1. The number of benzene rings is 1. The van der Waals surface area contributed by atoms with Gasteiger partial charge in [-0.1, -0.05) is 17.7 Å². The smallest absolute Gasteiger partial charge is 0.241 e. The highest BCUT2D eigenvalue weighted by Crippen LogP contribution is 2.18. The predicted octanol–water partition coefficient (Wildman–Crippen LogP) is 1.68. The third-order valence-electron chi connectivity index (χ3n) is 2.52. The molecule has 0 atom stereocenters. The number of aryl methyl sites for hydroxylation is 1. The molecule has 0 radical (unpaired) electrons. The standard InChI is InChI=1S/C14H22N2O3S/c1-11-6-8-12(9-7-11)16(20(5,18)19)10-13(17)15-14(2,3)4/h6-9H,10H2,1-5H3,(H,15,17). The lowest BCUT2D eigenvalue weighted by Crippen LogP contribution is -2.47. The van der Waals surface area contributed by atoms with E-state index in [0.717, 1.165) is 16.1 Å². The van der Waals surface area contributed by atoms with Crippen LogP contribution in [0.5, 0.6) is 0 Å². The molecular formula is C14H22N2O3S. The number of anilines is 1. The number of sulfonamides is 1. The molecule has 1 amide bonds. The van der Waals surface area contributed by atoms with Gasteiger partial charge in [0, 0.05) is 5.54 Å². The lowest BCUT2D eigenvalue weighted by atomic mass is 10.1. The van der Waals surface area contributed by atoms with Gasteiger partial charge < -0.3 is 5.32 Å². The number of carbonyl (C=O) groups excluding carboxylic acids is 1. The summed E-state index contributed by atoms with van der Waals surface area (Å²) in [6, 6.07) is 7.02. The summed E-state index contributed by atoms with van der Waals surface area (Å²) in [4.78, 5) is 11.9. The molecule has 0 bridgehead atoms. The monoisotopic (exact) mass is 298 g/mol. The van der Waals surface area contributed by atoms with Gasteiger partial charge in [-0.2, -0.15) is 0 Å². The fraction of sp³-hybridized carbons (Fsp3) is 0.500. The summed E-state index contributed by atoms with van der Waals surface area (Å²) in [7, 11) is -3.51. The fourth-order valence-electron chi connectivity index (χ4n) is 1.70. The second kappa shape index (κ2) is 5.83. The van der Waals surface area contributed by atoms with Crippen molar-refractivity contribution in [3.63, 3.8) is 0 Å². The lowest BCUT2D eigenvalue weighted by Gasteiger charge is -2.25. The van der Waals surface area contributed by atoms with Crippen molar-refractivity contribution in [3.05, 3.63) is 29.8 Å². The van der Waals surface area contributed by atoms with Crippen LogP contribution in [0.3, 0.4) is 0 Å². The highest BCUT2D eigenvalue weighted by molar-refractivity contribution is 7.92. The van der Waals surface area contributed by atoms with Gasteiger partial charge in [0.05, 0.1) is 11.9 Å². The van der Waals surface area contributed by atoms with E-state index in [2.05, 4.69) is 5.32 Å². The Hall–Kier alpha value is -1.56. The second-order valence-electron chi connectivity index (χ2n) is 5.90. The molecule has 1 N–H and O–H groups in total. The van der Waals surface area contributed by atoms with Gasteiger partial charge >= 0.3 is 0 Å². The Labute approximate surface area is 121 Å². The molecule has 0 aliphatic heterocycles. The topological polar surface area (TPSA) is 66.5 Å². The lowest BCUT2D eigenvalue weighted by molar-refractivity contribution is -0.121. The van der Waals surface area contributed by atoms with Crippen LogP contribution in [-0.2, 0) is 14.8 Å². The van der Waals surface area contributed by atoms with Crippen LogP contribution in [0.4, 0.5) is 5.69 Å². The van der Waals surface area contributed by atoms with Crippen molar-refractivity contribution in [3.8, 4) is 0 Å². The van der Waals surface area contributed by atoms with E-state index in [9.17, 15) is 13.2 Å². The molecule has 0 aliphatic rings. The van der Waals surface area contributed by atoms with Crippen LogP contribution in [0.1, 0.15) is 26.3 Å². The van der Waals surface area contributed by atoms with Gasteiger partial charge in [0.25, 0.3) is 0 Å². The first-order valence-electron chi connectivity index (χ1n) is 6.34. The van der Waals surface area contributed by atoms with Crippen LogP contribution in [0.15, 0.2) is 24.3 Å². The van der Waals surface area contributed by atoms with E-state index in [4.69, 9.17) is 0 Å². The SMILES string of the molecule is Cc1ccc(N(CC(=O)NC(C)(C)C)S(C)(=O)=O)cc1. The van der Waals surface area contributed by atoms with E-state index in [1.807, 2.05) is 39.8 Å².